The van der Waals surface area contributed by atoms with Crippen molar-refractivity contribution in [3.05, 3.63) is 57.8 Å². The van der Waals surface area contributed by atoms with Gasteiger partial charge < -0.3 is 5.32 Å². The Morgan fingerprint density at radius 3 is 2.65 bits per heavy atom. The Labute approximate surface area is 125 Å². The zero-order valence-electron chi connectivity index (χ0n) is 12.0. The molecule has 0 radical (unpaired) electrons. The van der Waals surface area contributed by atoms with Gasteiger partial charge in [0.1, 0.15) is 0 Å². The van der Waals surface area contributed by atoms with Gasteiger partial charge in [0.25, 0.3) is 0 Å². The number of hydrogen-bond acceptors (Lipinski definition) is 3. The summed E-state index contributed by atoms with van der Waals surface area (Å²) < 4.78 is 0. The molecule has 0 saturated heterocycles. The Kier molecular flexibility index (Phi) is 4.51. The molecule has 1 heterocycles. The molecule has 1 fully saturated rings. The fourth-order valence-corrected chi connectivity index (χ4v) is 3.13. The molecule has 0 unspecified atom stereocenters. The molecule has 1 aliphatic rings. The van der Waals surface area contributed by atoms with E-state index in [4.69, 9.17) is 0 Å². The maximum Gasteiger partial charge on any atom is 0.0242 e. The lowest BCUT2D eigenvalue weighted by molar-refractivity contribution is 0.318. The van der Waals surface area contributed by atoms with Gasteiger partial charge in [0.05, 0.1) is 0 Å². The van der Waals surface area contributed by atoms with E-state index in [2.05, 4.69) is 58.4 Å². The first-order valence-corrected chi connectivity index (χ1v) is 8.25. The zero-order valence-corrected chi connectivity index (χ0v) is 12.8. The van der Waals surface area contributed by atoms with Crippen molar-refractivity contribution >= 4 is 11.3 Å². The second-order valence-corrected chi connectivity index (χ2v) is 6.51. The summed E-state index contributed by atoms with van der Waals surface area (Å²) in [5.41, 5.74) is 4.29. The SMILES string of the molecule is CN(Cc1ccsc1)Cc1ccccc1CNC1CC1. The van der Waals surface area contributed by atoms with Crippen LogP contribution in [0.3, 0.4) is 0 Å². The molecule has 0 atom stereocenters. The van der Waals surface area contributed by atoms with Crippen molar-refractivity contribution in [2.45, 2.75) is 38.5 Å². The van der Waals surface area contributed by atoms with E-state index in [9.17, 15) is 0 Å². The van der Waals surface area contributed by atoms with Crippen LogP contribution in [-0.4, -0.2) is 18.0 Å². The van der Waals surface area contributed by atoms with Gasteiger partial charge in [-0.15, -0.1) is 0 Å². The minimum Gasteiger partial charge on any atom is -0.310 e. The van der Waals surface area contributed by atoms with Crippen molar-refractivity contribution in [3.8, 4) is 0 Å². The summed E-state index contributed by atoms with van der Waals surface area (Å²) in [5.74, 6) is 0. The second-order valence-electron chi connectivity index (χ2n) is 5.73. The van der Waals surface area contributed by atoms with Gasteiger partial charge in [0, 0.05) is 25.7 Å². The molecule has 1 N–H and O–H groups in total. The summed E-state index contributed by atoms with van der Waals surface area (Å²) in [5, 5.41) is 8.00. The first-order chi connectivity index (χ1) is 9.81. The highest BCUT2D eigenvalue weighted by atomic mass is 32.1. The Bertz CT molecular complexity index is 532. The number of nitrogens with one attached hydrogen (secondary N) is 1. The molecule has 20 heavy (non-hydrogen) atoms. The average Bonchev–Trinajstić information content (AvgIpc) is 3.14. The molecule has 2 nitrogen and oxygen atoms in total. The van der Waals surface area contributed by atoms with Crippen molar-refractivity contribution in [1.29, 1.82) is 0 Å². The summed E-state index contributed by atoms with van der Waals surface area (Å²) in [4.78, 5) is 2.39. The van der Waals surface area contributed by atoms with Crippen LogP contribution in [0.25, 0.3) is 0 Å². The minimum absolute atomic E-state index is 0.770. The van der Waals surface area contributed by atoms with Gasteiger partial charge in [-0.1, -0.05) is 24.3 Å². The van der Waals surface area contributed by atoms with Gasteiger partial charge in [-0.05, 0) is 53.4 Å². The van der Waals surface area contributed by atoms with Gasteiger partial charge >= 0.3 is 0 Å². The Morgan fingerprint density at radius 1 is 1.15 bits per heavy atom. The largest absolute Gasteiger partial charge is 0.310 e. The van der Waals surface area contributed by atoms with Crippen LogP contribution in [0.4, 0.5) is 0 Å². The number of nitrogens with zero attached hydrogens (tertiary/aromatic N) is 1. The molecule has 3 heteroatoms. The summed E-state index contributed by atoms with van der Waals surface area (Å²) >= 11 is 1.77. The van der Waals surface area contributed by atoms with Crippen LogP contribution >= 0.6 is 11.3 Å². The quantitative estimate of drug-likeness (QED) is 0.836. The van der Waals surface area contributed by atoms with Gasteiger partial charge in [0.15, 0.2) is 0 Å². The van der Waals surface area contributed by atoms with E-state index in [-0.39, 0.29) is 0 Å². The standard InChI is InChI=1S/C17H22N2S/c1-19(11-14-8-9-20-13-14)12-16-5-3-2-4-15(16)10-18-17-6-7-17/h2-5,8-9,13,17-18H,6-7,10-12H2,1H3. The van der Waals surface area contributed by atoms with Gasteiger partial charge in [-0.25, -0.2) is 0 Å². The Morgan fingerprint density at radius 2 is 1.95 bits per heavy atom. The maximum atomic E-state index is 3.62. The van der Waals surface area contributed by atoms with Crippen LogP contribution in [-0.2, 0) is 19.6 Å². The smallest absolute Gasteiger partial charge is 0.0242 e. The highest BCUT2D eigenvalue weighted by Crippen LogP contribution is 2.20. The summed E-state index contributed by atoms with van der Waals surface area (Å²) in [6, 6.07) is 11.8. The van der Waals surface area contributed by atoms with E-state index in [1.807, 2.05) is 0 Å². The van der Waals surface area contributed by atoms with Crippen LogP contribution in [0.15, 0.2) is 41.1 Å². The first kappa shape index (κ1) is 13.8. The molecule has 2 aromatic rings. The molecular weight excluding hydrogens is 264 g/mol. The lowest BCUT2D eigenvalue weighted by Gasteiger charge is -2.18. The highest BCUT2D eigenvalue weighted by molar-refractivity contribution is 7.07. The molecule has 1 saturated carbocycles. The lowest BCUT2D eigenvalue weighted by Crippen LogP contribution is -2.20. The number of hydrogen-bond donors (Lipinski definition) is 1. The molecule has 0 spiro atoms. The number of rotatable bonds is 7. The minimum atomic E-state index is 0.770. The van der Waals surface area contributed by atoms with E-state index >= 15 is 0 Å². The predicted molar refractivity (Wildman–Crippen MR) is 85.8 cm³/mol. The van der Waals surface area contributed by atoms with Crippen LogP contribution < -0.4 is 5.32 Å². The highest BCUT2D eigenvalue weighted by Gasteiger charge is 2.20. The fraction of sp³-hybridized carbons (Fsp3) is 0.412. The van der Waals surface area contributed by atoms with Gasteiger partial charge in [-0.3, -0.25) is 4.90 Å². The maximum absolute atomic E-state index is 3.62. The molecule has 1 aliphatic carbocycles. The van der Waals surface area contributed by atoms with E-state index in [0.29, 0.717) is 0 Å². The van der Waals surface area contributed by atoms with E-state index in [1.54, 1.807) is 11.3 Å². The average molecular weight is 286 g/mol. The van der Waals surface area contributed by atoms with Crippen molar-refractivity contribution < 1.29 is 0 Å². The van der Waals surface area contributed by atoms with E-state index in [1.165, 1.54) is 29.5 Å². The van der Waals surface area contributed by atoms with Gasteiger partial charge in [0.2, 0.25) is 0 Å². The Balaban J connectivity index is 1.60. The summed E-state index contributed by atoms with van der Waals surface area (Å²) in [6.07, 6.45) is 2.69. The third kappa shape index (κ3) is 3.92. The summed E-state index contributed by atoms with van der Waals surface area (Å²) in [7, 11) is 2.20. The van der Waals surface area contributed by atoms with Crippen LogP contribution in [0.1, 0.15) is 29.5 Å². The van der Waals surface area contributed by atoms with Crippen molar-refractivity contribution in [2.75, 3.05) is 7.05 Å². The monoisotopic (exact) mass is 286 g/mol. The zero-order chi connectivity index (χ0) is 13.8. The van der Waals surface area contributed by atoms with Crippen LogP contribution in [0.5, 0.6) is 0 Å². The fourth-order valence-electron chi connectivity index (χ4n) is 2.47. The normalized spacial score (nSPS) is 14.9. The molecule has 0 amide bonds. The summed E-state index contributed by atoms with van der Waals surface area (Å²) in [6.45, 7) is 3.04. The van der Waals surface area contributed by atoms with Crippen molar-refractivity contribution in [1.82, 2.24) is 10.2 Å². The number of thiophene rings is 1. The third-order valence-corrected chi connectivity index (χ3v) is 4.48. The molecule has 0 aliphatic heterocycles. The topological polar surface area (TPSA) is 15.3 Å². The first-order valence-electron chi connectivity index (χ1n) is 7.31. The van der Waals surface area contributed by atoms with Crippen molar-refractivity contribution in [2.24, 2.45) is 0 Å². The van der Waals surface area contributed by atoms with Crippen LogP contribution in [0, 0.1) is 0 Å². The van der Waals surface area contributed by atoms with Gasteiger partial charge in [-0.2, -0.15) is 11.3 Å². The second kappa shape index (κ2) is 6.53. The molecule has 3 rings (SSSR count). The van der Waals surface area contributed by atoms with Crippen molar-refractivity contribution in [3.63, 3.8) is 0 Å². The molecule has 1 aromatic carbocycles. The Hall–Kier alpha value is -1.16. The predicted octanol–water partition coefficient (Wildman–Crippen LogP) is 3.63. The molecule has 1 aromatic heterocycles. The number of benzene rings is 1. The van der Waals surface area contributed by atoms with Crippen LogP contribution in [0.2, 0.25) is 0 Å². The van der Waals surface area contributed by atoms with E-state index < -0.39 is 0 Å². The lowest BCUT2D eigenvalue weighted by atomic mass is 10.1. The molecule has 0 bridgehead atoms. The van der Waals surface area contributed by atoms with E-state index in [0.717, 1.165) is 25.7 Å². The third-order valence-electron chi connectivity index (χ3n) is 3.75. The molecule has 106 valence electrons. The molecular formula is C17H22N2S.